The molecule has 1 atom stereocenters. The highest BCUT2D eigenvalue weighted by molar-refractivity contribution is 5.81. The second-order valence-corrected chi connectivity index (χ2v) is 3.30. The highest BCUT2D eigenvalue weighted by Gasteiger charge is 2.42. The fourth-order valence-electron chi connectivity index (χ4n) is 1.50. The number of carbonyl (C=O) groups excluding carboxylic acids is 1. The summed E-state index contributed by atoms with van der Waals surface area (Å²) in [5.41, 5.74) is -0.579. The van der Waals surface area contributed by atoms with Crippen molar-refractivity contribution < 1.29 is 14.3 Å². The lowest BCUT2D eigenvalue weighted by Crippen LogP contribution is -2.53. The lowest BCUT2D eigenvalue weighted by atomic mass is 9.99. The van der Waals surface area contributed by atoms with Gasteiger partial charge in [0.2, 0.25) is 0 Å². The van der Waals surface area contributed by atoms with Gasteiger partial charge in [-0.25, -0.2) is 4.79 Å². The summed E-state index contributed by atoms with van der Waals surface area (Å²) >= 11 is 0. The van der Waals surface area contributed by atoms with E-state index in [1.54, 1.807) is 0 Å². The zero-order valence-corrected chi connectivity index (χ0v) is 8.26. The SMILES string of the molecule is CCCNC1(C(=O)OC)CCOC1. The number of methoxy groups -OCH3 is 1. The number of esters is 1. The normalized spacial score (nSPS) is 27.5. The summed E-state index contributed by atoms with van der Waals surface area (Å²) < 4.78 is 9.97. The van der Waals surface area contributed by atoms with E-state index >= 15 is 0 Å². The third-order valence-corrected chi connectivity index (χ3v) is 2.31. The third kappa shape index (κ3) is 2.19. The van der Waals surface area contributed by atoms with Crippen LogP contribution in [0.15, 0.2) is 0 Å². The predicted molar refractivity (Wildman–Crippen MR) is 48.5 cm³/mol. The van der Waals surface area contributed by atoms with Crippen molar-refractivity contribution in [2.45, 2.75) is 25.3 Å². The molecule has 0 saturated carbocycles. The molecule has 1 aliphatic heterocycles. The summed E-state index contributed by atoms with van der Waals surface area (Å²) in [6, 6.07) is 0. The molecule has 1 heterocycles. The van der Waals surface area contributed by atoms with Crippen molar-refractivity contribution >= 4 is 5.97 Å². The molecule has 13 heavy (non-hydrogen) atoms. The van der Waals surface area contributed by atoms with E-state index in [4.69, 9.17) is 9.47 Å². The summed E-state index contributed by atoms with van der Waals surface area (Å²) in [7, 11) is 1.41. The highest BCUT2D eigenvalue weighted by Crippen LogP contribution is 2.19. The first-order valence-corrected chi connectivity index (χ1v) is 4.66. The Morgan fingerprint density at radius 1 is 1.69 bits per heavy atom. The van der Waals surface area contributed by atoms with Crippen LogP contribution in [-0.2, 0) is 14.3 Å². The van der Waals surface area contributed by atoms with Crippen molar-refractivity contribution in [1.29, 1.82) is 0 Å². The Hall–Kier alpha value is -0.610. The van der Waals surface area contributed by atoms with Crippen LogP contribution in [0.4, 0.5) is 0 Å². The van der Waals surface area contributed by atoms with Crippen LogP contribution >= 0.6 is 0 Å². The van der Waals surface area contributed by atoms with Crippen molar-refractivity contribution in [2.75, 3.05) is 26.9 Å². The van der Waals surface area contributed by atoms with E-state index < -0.39 is 5.54 Å². The summed E-state index contributed by atoms with van der Waals surface area (Å²) in [6.07, 6.45) is 1.71. The minimum absolute atomic E-state index is 0.210. The Morgan fingerprint density at radius 3 is 2.92 bits per heavy atom. The molecule has 76 valence electrons. The highest BCUT2D eigenvalue weighted by atomic mass is 16.5. The maximum absolute atomic E-state index is 11.5. The molecule has 1 fully saturated rings. The average Bonchev–Trinajstić information content (AvgIpc) is 2.63. The lowest BCUT2D eigenvalue weighted by molar-refractivity contribution is -0.148. The van der Waals surface area contributed by atoms with Crippen molar-refractivity contribution in [1.82, 2.24) is 5.32 Å². The molecule has 0 aromatic carbocycles. The number of carbonyl (C=O) groups is 1. The number of hydrogen-bond acceptors (Lipinski definition) is 4. The van der Waals surface area contributed by atoms with E-state index in [1.165, 1.54) is 7.11 Å². The molecule has 0 spiro atoms. The molecule has 1 aliphatic rings. The first-order valence-electron chi connectivity index (χ1n) is 4.66. The van der Waals surface area contributed by atoms with Crippen molar-refractivity contribution in [3.05, 3.63) is 0 Å². The quantitative estimate of drug-likeness (QED) is 0.644. The van der Waals surface area contributed by atoms with E-state index in [0.717, 1.165) is 13.0 Å². The predicted octanol–water partition coefficient (Wildman–Crippen LogP) is 0.318. The summed E-state index contributed by atoms with van der Waals surface area (Å²) in [5.74, 6) is -0.210. The Morgan fingerprint density at radius 2 is 2.46 bits per heavy atom. The molecule has 0 radical (unpaired) electrons. The lowest BCUT2D eigenvalue weighted by Gasteiger charge is -2.25. The topological polar surface area (TPSA) is 47.6 Å². The van der Waals surface area contributed by atoms with Gasteiger partial charge in [-0.2, -0.15) is 0 Å². The van der Waals surface area contributed by atoms with Crippen LogP contribution in [-0.4, -0.2) is 38.4 Å². The van der Waals surface area contributed by atoms with Crippen molar-refractivity contribution in [2.24, 2.45) is 0 Å². The second-order valence-electron chi connectivity index (χ2n) is 3.30. The minimum Gasteiger partial charge on any atom is -0.468 e. The van der Waals surface area contributed by atoms with E-state index in [-0.39, 0.29) is 5.97 Å². The third-order valence-electron chi connectivity index (χ3n) is 2.31. The Kier molecular flexibility index (Phi) is 3.69. The standard InChI is InChI=1S/C9H17NO3/c1-3-5-10-9(8(11)12-2)4-6-13-7-9/h10H,3-7H2,1-2H3. The van der Waals surface area contributed by atoms with Gasteiger partial charge in [0.05, 0.1) is 13.7 Å². The smallest absolute Gasteiger partial charge is 0.328 e. The monoisotopic (exact) mass is 187 g/mol. The van der Waals surface area contributed by atoms with Crippen LogP contribution in [0.25, 0.3) is 0 Å². The molecule has 1 unspecified atom stereocenters. The zero-order valence-electron chi connectivity index (χ0n) is 8.26. The second kappa shape index (κ2) is 4.58. The molecule has 0 aromatic rings. The van der Waals surface area contributed by atoms with Gasteiger partial charge < -0.3 is 9.47 Å². The van der Waals surface area contributed by atoms with Gasteiger partial charge in [-0.3, -0.25) is 5.32 Å². The van der Waals surface area contributed by atoms with E-state index in [2.05, 4.69) is 12.2 Å². The number of ether oxygens (including phenoxy) is 2. The molecule has 1 rings (SSSR count). The molecule has 0 aromatic heterocycles. The van der Waals surface area contributed by atoms with Gasteiger partial charge in [0.1, 0.15) is 5.54 Å². The van der Waals surface area contributed by atoms with Gasteiger partial charge in [0.15, 0.2) is 0 Å². The van der Waals surface area contributed by atoms with Crippen LogP contribution in [0.2, 0.25) is 0 Å². The van der Waals surface area contributed by atoms with E-state index in [1.807, 2.05) is 0 Å². The first kappa shape index (κ1) is 10.5. The van der Waals surface area contributed by atoms with E-state index in [0.29, 0.717) is 19.6 Å². The molecule has 0 bridgehead atoms. The van der Waals surface area contributed by atoms with Crippen molar-refractivity contribution in [3.63, 3.8) is 0 Å². The molecule has 4 nitrogen and oxygen atoms in total. The van der Waals surface area contributed by atoms with Gasteiger partial charge in [0.25, 0.3) is 0 Å². The van der Waals surface area contributed by atoms with Gasteiger partial charge >= 0.3 is 5.97 Å². The summed E-state index contributed by atoms with van der Waals surface area (Å²) in [4.78, 5) is 11.5. The Bertz CT molecular complexity index is 176. The first-order chi connectivity index (χ1) is 6.25. The molecule has 1 N–H and O–H groups in total. The number of hydrogen-bond donors (Lipinski definition) is 1. The molecule has 0 amide bonds. The van der Waals surface area contributed by atoms with Gasteiger partial charge in [0, 0.05) is 13.0 Å². The largest absolute Gasteiger partial charge is 0.468 e. The van der Waals surface area contributed by atoms with Gasteiger partial charge in [-0.1, -0.05) is 6.92 Å². The van der Waals surface area contributed by atoms with E-state index in [9.17, 15) is 4.79 Å². The van der Waals surface area contributed by atoms with Gasteiger partial charge in [-0.05, 0) is 13.0 Å². The molecular weight excluding hydrogens is 170 g/mol. The molecule has 4 heteroatoms. The Balaban J connectivity index is 2.57. The number of nitrogens with one attached hydrogen (secondary N) is 1. The fraction of sp³-hybridized carbons (Fsp3) is 0.889. The van der Waals surface area contributed by atoms with Crippen LogP contribution < -0.4 is 5.32 Å². The maximum Gasteiger partial charge on any atom is 0.328 e. The summed E-state index contributed by atoms with van der Waals surface area (Å²) in [6.45, 7) is 3.94. The van der Waals surface area contributed by atoms with Gasteiger partial charge in [-0.15, -0.1) is 0 Å². The number of rotatable bonds is 4. The van der Waals surface area contributed by atoms with Crippen LogP contribution in [0, 0.1) is 0 Å². The van der Waals surface area contributed by atoms with Crippen LogP contribution in [0.3, 0.4) is 0 Å². The average molecular weight is 187 g/mol. The molecule has 1 saturated heterocycles. The molecule has 0 aliphatic carbocycles. The Labute approximate surface area is 78.6 Å². The minimum atomic E-state index is -0.579. The summed E-state index contributed by atoms with van der Waals surface area (Å²) in [5, 5.41) is 3.20. The van der Waals surface area contributed by atoms with Crippen LogP contribution in [0.5, 0.6) is 0 Å². The zero-order chi connectivity index (χ0) is 9.73. The van der Waals surface area contributed by atoms with Crippen molar-refractivity contribution in [3.8, 4) is 0 Å². The van der Waals surface area contributed by atoms with Crippen LogP contribution in [0.1, 0.15) is 19.8 Å². The molecular formula is C9H17NO3. The maximum atomic E-state index is 11.5. The fourth-order valence-corrected chi connectivity index (χ4v) is 1.50.